The second-order valence-electron chi connectivity index (χ2n) is 4.78. The molecular weight excluding hydrogens is 422 g/mol. The molecule has 2 aromatic rings. The fourth-order valence-electron chi connectivity index (χ4n) is 2.01. The lowest BCUT2D eigenvalue weighted by atomic mass is 10.3. The van der Waals surface area contributed by atoms with Crippen LogP contribution in [0.25, 0.3) is 0 Å². The van der Waals surface area contributed by atoms with Gasteiger partial charge < -0.3 is 10.4 Å². The number of phenols is 1. The molecule has 24 heavy (non-hydrogen) atoms. The number of sulfonamides is 2. The van der Waals surface area contributed by atoms with Crippen molar-refractivity contribution in [1.29, 1.82) is 0 Å². The van der Waals surface area contributed by atoms with Crippen LogP contribution >= 0.6 is 15.9 Å². The zero-order valence-corrected chi connectivity index (χ0v) is 15.0. The highest BCUT2D eigenvalue weighted by Crippen LogP contribution is 2.31. The minimum absolute atomic E-state index is 0.132. The number of hydrogen-bond acceptors (Lipinski definition) is 6. The number of anilines is 2. The maximum Gasteiger partial charge on any atom is 0.285 e. The number of fused-ring (bicyclic) bond motifs is 1. The summed E-state index contributed by atoms with van der Waals surface area (Å²) in [5.74, 6) is -0.137. The van der Waals surface area contributed by atoms with E-state index in [4.69, 9.17) is 0 Å². The molecule has 11 heteroatoms. The minimum Gasteiger partial charge on any atom is -0.507 e. The van der Waals surface area contributed by atoms with E-state index >= 15 is 0 Å². The molecule has 0 saturated carbocycles. The molecule has 2 aromatic carbocycles. The average molecular weight is 432 g/mol. The third-order valence-electron chi connectivity index (χ3n) is 3.15. The van der Waals surface area contributed by atoms with E-state index in [1.54, 1.807) is 0 Å². The molecule has 0 aliphatic carbocycles. The van der Waals surface area contributed by atoms with Crippen molar-refractivity contribution in [2.45, 2.75) is 9.79 Å². The Morgan fingerprint density at radius 1 is 1.17 bits per heavy atom. The van der Waals surface area contributed by atoms with E-state index in [-0.39, 0.29) is 26.9 Å². The quantitative estimate of drug-likeness (QED) is 0.682. The minimum atomic E-state index is -4.05. The van der Waals surface area contributed by atoms with Crippen LogP contribution in [0, 0.1) is 0 Å². The molecule has 126 valence electrons. The Hall–Kier alpha value is -2.11. The number of aromatic hydroxyl groups is 1. The molecule has 0 unspecified atom stereocenters. The van der Waals surface area contributed by atoms with Gasteiger partial charge >= 0.3 is 0 Å². The van der Waals surface area contributed by atoms with Crippen LogP contribution in [0.4, 0.5) is 11.4 Å². The summed E-state index contributed by atoms with van der Waals surface area (Å²) in [4.78, 5) is -0.474. The molecule has 0 amide bonds. The van der Waals surface area contributed by atoms with Crippen LogP contribution in [0.2, 0.25) is 0 Å². The van der Waals surface area contributed by atoms with Crippen molar-refractivity contribution in [2.24, 2.45) is 4.40 Å². The summed E-state index contributed by atoms with van der Waals surface area (Å²) in [6.07, 6.45) is 1.02. The summed E-state index contributed by atoms with van der Waals surface area (Å²) in [5, 5.41) is 12.2. The van der Waals surface area contributed by atoms with Gasteiger partial charge in [0.2, 0.25) is 0 Å². The summed E-state index contributed by atoms with van der Waals surface area (Å²) in [6.45, 7) is 0. The van der Waals surface area contributed by atoms with Gasteiger partial charge in [-0.25, -0.2) is 8.42 Å². The fraction of sp³-hybridized carbons (Fsp3) is 0. The van der Waals surface area contributed by atoms with Crippen LogP contribution in [0.5, 0.6) is 5.75 Å². The summed E-state index contributed by atoms with van der Waals surface area (Å²) in [7, 11) is -7.99. The number of nitrogens with one attached hydrogen (secondary N) is 2. The summed E-state index contributed by atoms with van der Waals surface area (Å²) in [6, 6.07) is 7.77. The summed E-state index contributed by atoms with van der Waals surface area (Å²) < 4.78 is 54.7. The third kappa shape index (κ3) is 3.09. The molecule has 3 N–H and O–H groups in total. The molecule has 0 aromatic heterocycles. The molecule has 0 radical (unpaired) electrons. The lowest BCUT2D eigenvalue weighted by Crippen LogP contribution is -2.16. The first kappa shape index (κ1) is 16.7. The van der Waals surface area contributed by atoms with Gasteiger partial charge in [-0.3, -0.25) is 4.72 Å². The van der Waals surface area contributed by atoms with Crippen molar-refractivity contribution < 1.29 is 21.9 Å². The third-order valence-corrected chi connectivity index (χ3v) is 6.48. The predicted octanol–water partition coefficient (Wildman–Crippen LogP) is 2.10. The highest BCUT2D eigenvalue weighted by Gasteiger charge is 2.24. The van der Waals surface area contributed by atoms with Crippen LogP contribution in [0.3, 0.4) is 0 Å². The van der Waals surface area contributed by atoms with Crippen molar-refractivity contribution >= 4 is 53.7 Å². The summed E-state index contributed by atoms with van der Waals surface area (Å²) in [5.41, 5.74) is 0.373. The molecule has 3 rings (SSSR count). The van der Waals surface area contributed by atoms with Crippen LogP contribution < -0.4 is 10.0 Å². The number of hydrogen-bond donors (Lipinski definition) is 3. The standard InChI is InChI=1S/C13H10BrN3O5S2/c14-10-3-1-8(5-12(10)18)17-23(19,20)9-2-4-11-13(6-9)24(21,22)16-7-15-11/h1-7,17-18H,(H,15,16). The Bertz CT molecular complexity index is 1070. The van der Waals surface area contributed by atoms with E-state index in [0.29, 0.717) is 4.47 Å². The number of nitrogens with zero attached hydrogens (tertiary/aromatic N) is 1. The maximum absolute atomic E-state index is 12.4. The van der Waals surface area contributed by atoms with E-state index in [0.717, 1.165) is 12.4 Å². The smallest absolute Gasteiger partial charge is 0.285 e. The lowest BCUT2D eigenvalue weighted by Gasteiger charge is -2.14. The Kier molecular flexibility index (Phi) is 4.01. The van der Waals surface area contributed by atoms with Gasteiger partial charge in [0.25, 0.3) is 20.0 Å². The first-order valence-corrected chi connectivity index (χ1v) is 10.1. The molecule has 0 fully saturated rings. The number of halogens is 1. The van der Waals surface area contributed by atoms with Gasteiger partial charge in [0.05, 0.1) is 20.7 Å². The molecule has 1 aliphatic rings. The molecule has 0 atom stereocenters. The van der Waals surface area contributed by atoms with Crippen molar-refractivity contribution in [1.82, 2.24) is 0 Å². The molecule has 8 nitrogen and oxygen atoms in total. The van der Waals surface area contributed by atoms with E-state index < -0.39 is 20.0 Å². The highest BCUT2D eigenvalue weighted by molar-refractivity contribution is 9.10. The van der Waals surface area contributed by atoms with Crippen LogP contribution in [0.15, 0.2) is 55.1 Å². The van der Waals surface area contributed by atoms with Gasteiger partial charge in [0, 0.05) is 6.07 Å². The number of phenolic OH excluding ortho intramolecular Hbond substituents is 1. The van der Waals surface area contributed by atoms with E-state index in [1.165, 1.54) is 30.3 Å². The topological polar surface area (TPSA) is 125 Å². The molecule has 0 saturated heterocycles. The summed E-state index contributed by atoms with van der Waals surface area (Å²) >= 11 is 3.09. The second-order valence-corrected chi connectivity index (χ2v) is 8.92. The zero-order valence-electron chi connectivity index (χ0n) is 11.8. The van der Waals surface area contributed by atoms with Crippen LogP contribution in [-0.4, -0.2) is 28.3 Å². The molecule has 1 heterocycles. The highest BCUT2D eigenvalue weighted by atomic mass is 79.9. The first-order chi connectivity index (χ1) is 11.2. The predicted molar refractivity (Wildman–Crippen MR) is 92.4 cm³/mol. The van der Waals surface area contributed by atoms with Gasteiger partial charge in [-0.1, -0.05) is 0 Å². The van der Waals surface area contributed by atoms with E-state index in [2.05, 4.69) is 30.4 Å². The Morgan fingerprint density at radius 3 is 2.62 bits per heavy atom. The largest absolute Gasteiger partial charge is 0.507 e. The monoisotopic (exact) mass is 431 g/mol. The van der Waals surface area contributed by atoms with Gasteiger partial charge in [-0.15, -0.1) is 4.40 Å². The van der Waals surface area contributed by atoms with Crippen molar-refractivity contribution in [3.05, 3.63) is 40.9 Å². The Labute approximate surface area is 146 Å². The zero-order chi connectivity index (χ0) is 17.5. The maximum atomic E-state index is 12.4. The Balaban J connectivity index is 2.01. The lowest BCUT2D eigenvalue weighted by molar-refractivity contribution is 0.472. The SMILES string of the molecule is O=S1(=O)N=CNc2ccc(S(=O)(=O)Nc3ccc(Br)c(O)c3)cc21. The van der Waals surface area contributed by atoms with Crippen molar-refractivity contribution in [2.75, 3.05) is 10.0 Å². The number of benzene rings is 2. The van der Waals surface area contributed by atoms with Gasteiger partial charge in [-0.05, 0) is 46.3 Å². The first-order valence-electron chi connectivity index (χ1n) is 6.40. The van der Waals surface area contributed by atoms with Crippen LogP contribution in [0.1, 0.15) is 0 Å². The van der Waals surface area contributed by atoms with Gasteiger partial charge in [0.1, 0.15) is 17.0 Å². The number of rotatable bonds is 3. The normalized spacial score (nSPS) is 15.4. The average Bonchev–Trinajstić information content (AvgIpc) is 2.50. The van der Waals surface area contributed by atoms with Crippen molar-refractivity contribution in [3.63, 3.8) is 0 Å². The molecule has 1 aliphatic heterocycles. The van der Waals surface area contributed by atoms with E-state index in [1.807, 2.05) is 0 Å². The van der Waals surface area contributed by atoms with Crippen LogP contribution in [-0.2, 0) is 20.0 Å². The molecule has 0 bridgehead atoms. The van der Waals surface area contributed by atoms with Gasteiger partial charge in [0.15, 0.2) is 0 Å². The molecular formula is C13H10BrN3O5S2. The fourth-order valence-corrected chi connectivity index (χ4v) is 4.40. The molecule has 0 spiro atoms. The van der Waals surface area contributed by atoms with E-state index in [9.17, 15) is 21.9 Å². The second kappa shape index (κ2) is 5.76. The Morgan fingerprint density at radius 2 is 1.92 bits per heavy atom. The van der Waals surface area contributed by atoms with Gasteiger partial charge in [-0.2, -0.15) is 8.42 Å². The van der Waals surface area contributed by atoms with Crippen molar-refractivity contribution in [3.8, 4) is 5.75 Å².